The lowest BCUT2D eigenvalue weighted by atomic mass is 10.2. The van der Waals surface area contributed by atoms with E-state index < -0.39 is 0 Å². The summed E-state index contributed by atoms with van der Waals surface area (Å²) >= 11 is 0. The van der Waals surface area contributed by atoms with Gasteiger partial charge >= 0.3 is 0 Å². The van der Waals surface area contributed by atoms with Crippen LogP contribution in [0.3, 0.4) is 0 Å². The molecule has 25 heavy (non-hydrogen) atoms. The Balaban J connectivity index is 1.62. The average molecular weight is 327 g/mol. The van der Waals surface area contributed by atoms with Gasteiger partial charge in [-0.1, -0.05) is 43.0 Å². The van der Waals surface area contributed by atoms with Gasteiger partial charge in [0, 0.05) is 22.8 Å². The van der Waals surface area contributed by atoms with Crippen LogP contribution in [-0.2, 0) is 6.54 Å². The molecule has 0 saturated heterocycles. The Morgan fingerprint density at radius 2 is 1.96 bits per heavy atom. The Hall–Kier alpha value is -3.47. The lowest BCUT2D eigenvalue weighted by Crippen LogP contribution is -2.01. The summed E-state index contributed by atoms with van der Waals surface area (Å²) in [6.07, 6.45) is 6.88. The number of nitrogens with one attached hydrogen (secondary N) is 1. The summed E-state index contributed by atoms with van der Waals surface area (Å²) in [5.74, 6) is 0.737. The van der Waals surface area contributed by atoms with Gasteiger partial charge in [-0.25, -0.2) is 9.97 Å². The maximum Gasteiger partial charge on any atom is 0.141 e. The average Bonchev–Trinajstić information content (AvgIpc) is 3.05. The predicted molar refractivity (Wildman–Crippen MR) is 101 cm³/mol. The number of fused-ring (bicyclic) bond motifs is 1. The zero-order valence-corrected chi connectivity index (χ0v) is 13.6. The molecule has 122 valence electrons. The van der Waals surface area contributed by atoms with Crippen molar-refractivity contribution in [3.05, 3.63) is 85.0 Å². The summed E-state index contributed by atoms with van der Waals surface area (Å²) in [4.78, 5) is 8.29. The molecule has 0 aliphatic heterocycles. The van der Waals surface area contributed by atoms with E-state index in [1.807, 2.05) is 35.1 Å². The SMILES string of the molecule is C=Cc1cncnc1Nc1ccc2c(cnn2Cc2ccccc2)c1. The molecule has 0 aliphatic rings. The highest BCUT2D eigenvalue weighted by Gasteiger charge is 2.06. The maximum atomic E-state index is 4.52. The zero-order valence-electron chi connectivity index (χ0n) is 13.6. The van der Waals surface area contributed by atoms with Gasteiger partial charge < -0.3 is 5.32 Å². The third-order valence-corrected chi connectivity index (χ3v) is 4.04. The molecule has 0 fully saturated rings. The Morgan fingerprint density at radius 3 is 2.80 bits per heavy atom. The first-order valence-electron chi connectivity index (χ1n) is 8.02. The minimum atomic E-state index is 0.737. The molecule has 5 nitrogen and oxygen atoms in total. The highest BCUT2D eigenvalue weighted by molar-refractivity contribution is 5.84. The molecule has 1 N–H and O–H groups in total. The van der Waals surface area contributed by atoms with Crippen molar-refractivity contribution in [2.75, 3.05) is 5.32 Å². The number of anilines is 2. The van der Waals surface area contributed by atoms with Gasteiger partial charge in [-0.2, -0.15) is 5.10 Å². The van der Waals surface area contributed by atoms with Crippen LogP contribution in [0.2, 0.25) is 0 Å². The van der Waals surface area contributed by atoms with E-state index >= 15 is 0 Å². The molecule has 4 rings (SSSR count). The van der Waals surface area contributed by atoms with Gasteiger partial charge in [0.25, 0.3) is 0 Å². The minimum Gasteiger partial charge on any atom is -0.340 e. The van der Waals surface area contributed by atoms with E-state index in [2.05, 4.69) is 51.2 Å². The van der Waals surface area contributed by atoms with Gasteiger partial charge in [-0.15, -0.1) is 0 Å². The van der Waals surface area contributed by atoms with Crippen molar-refractivity contribution in [3.8, 4) is 0 Å². The van der Waals surface area contributed by atoms with Crippen molar-refractivity contribution in [2.24, 2.45) is 0 Å². The van der Waals surface area contributed by atoms with Crippen molar-refractivity contribution in [2.45, 2.75) is 6.54 Å². The first-order chi connectivity index (χ1) is 12.3. The standard InChI is InChI=1S/C20H17N5/c1-2-16-11-21-14-22-20(16)24-18-8-9-19-17(10-18)12-23-25(19)13-15-6-4-3-5-7-15/h2-12,14H,1,13H2,(H,21,22,24). The lowest BCUT2D eigenvalue weighted by Gasteiger charge is -2.08. The highest BCUT2D eigenvalue weighted by atomic mass is 15.3. The van der Waals surface area contributed by atoms with Gasteiger partial charge in [0.2, 0.25) is 0 Å². The van der Waals surface area contributed by atoms with E-state index in [0.717, 1.165) is 34.5 Å². The first kappa shape index (κ1) is 15.1. The van der Waals surface area contributed by atoms with Crippen molar-refractivity contribution < 1.29 is 0 Å². The number of benzene rings is 2. The van der Waals surface area contributed by atoms with Crippen LogP contribution in [-0.4, -0.2) is 19.7 Å². The van der Waals surface area contributed by atoms with Crippen LogP contribution in [0.4, 0.5) is 11.5 Å². The third kappa shape index (κ3) is 3.12. The fourth-order valence-electron chi connectivity index (χ4n) is 2.78. The number of rotatable bonds is 5. The summed E-state index contributed by atoms with van der Waals surface area (Å²) in [7, 11) is 0. The van der Waals surface area contributed by atoms with Crippen LogP contribution in [0.1, 0.15) is 11.1 Å². The van der Waals surface area contributed by atoms with Crippen molar-refractivity contribution >= 4 is 28.5 Å². The smallest absolute Gasteiger partial charge is 0.141 e. The van der Waals surface area contributed by atoms with Gasteiger partial charge in [-0.3, -0.25) is 4.68 Å². The largest absolute Gasteiger partial charge is 0.340 e. The third-order valence-electron chi connectivity index (χ3n) is 4.04. The number of hydrogen-bond donors (Lipinski definition) is 1. The monoisotopic (exact) mass is 327 g/mol. The van der Waals surface area contributed by atoms with E-state index in [4.69, 9.17) is 0 Å². The topological polar surface area (TPSA) is 55.6 Å². The Bertz CT molecular complexity index is 1020. The molecule has 2 aromatic carbocycles. The van der Waals surface area contributed by atoms with Crippen molar-refractivity contribution in [1.82, 2.24) is 19.7 Å². The Kier molecular flexibility index (Phi) is 3.96. The van der Waals surface area contributed by atoms with Crippen LogP contribution in [0.15, 0.2) is 73.8 Å². The fraction of sp³-hybridized carbons (Fsp3) is 0.0500. The molecule has 0 bridgehead atoms. The number of hydrogen-bond acceptors (Lipinski definition) is 4. The molecule has 0 unspecified atom stereocenters. The summed E-state index contributed by atoms with van der Waals surface area (Å²) in [6.45, 7) is 4.55. The van der Waals surface area contributed by atoms with E-state index in [-0.39, 0.29) is 0 Å². The van der Waals surface area contributed by atoms with Crippen LogP contribution in [0.25, 0.3) is 17.0 Å². The van der Waals surface area contributed by atoms with E-state index in [1.54, 1.807) is 12.3 Å². The van der Waals surface area contributed by atoms with Crippen molar-refractivity contribution in [1.29, 1.82) is 0 Å². The van der Waals surface area contributed by atoms with Gasteiger partial charge in [0.05, 0.1) is 18.3 Å². The molecule has 0 saturated carbocycles. The second-order valence-corrected chi connectivity index (χ2v) is 5.72. The maximum absolute atomic E-state index is 4.52. The molecule has 0 radical (unpaired) electrons. The van der Waals surface area contributed by atoms with E-state index in [0.29, 0.717) is 0 Å². The molecule has 0 amide bonds. The summed E-state index contributed by atoms with van der Waals surface area (Å²) in [5.41, 5.74) is 4.14. The van der Waals surface area contributed by atoms with E-state index in [9.17, 15) is 0 Å². The Labute approximate surface area is 145 Å². The fourth-order valence-corrected chi connectivity index (χ4v) is 2.78. The van der Waals surface area contributed by atoms with Crippen molar-refractivity contribution in [3.63, 3.8) is 0 Å². The molecule has 0 spiro atoms. The molecule has 0 aliphatic carbocycles. The molecule has 4 aromatic rings. The predicted octanol–water partition coefficient (Wildman–Crippen LogP) is 4.26. The van der Waals surface area contributed by atoms with Gasteiger partial charge in [-0.05, 0) is 23.8 Å². The minimum absolute atomic E-state index is 0.737. The summed E-state index contributed by atoms with van der Waals surface area (Å²) in [5, 5.41) is 8.91. The second-order valence-electron chi connectivity index (χ2n) is 5.72. The van der Waals surface area contributed by atoms with E-state index in [1.165, 1.54) is 11.9 Å². The van der Waals surface area contributed by atoms with Crippen LogP contribution in [0, 0.1) is 0 Å². The quantitative estimate of drug-likeness (QED) is 0.595. The molecule has 0 atom stereocenters. The van der Waals surface area contributed by atoms with Crippen LogP contribution < -0.4 is 5.32 Å². The second kappa shape index (κ2) is 6.57. The normalized spacial score (nSPS) is 10.7. The summed E-state index contributed by atoms with van der Waals surface area (Å²) in [6, 6.07) is 16.5. The Morgan fingerprint density at radius 1 is 1.08 bits per heavy atom. The number of aromatic nitrogens is 4. The molecule has 2 aromatic heterocycles. The van der Waals surface area contributed by atoms with Gasteiger partial charge in [0.1, 0.15) is 12.1 Å². The highest BCUT2D eigenvalue weighted by Crippen LogP contribution is 2.23. The molecule has 5 heteroatoms. The zero-order chi connectivity index (χ0) is 17.1. The lowest BCUT2D eigenvalue weighted by molar-refractivity contribution is 0.712. The summed E-state index contributed by atoms with van der Waals surface area (Å²) < 4.78 is 2.01. The van der Waals surface area contributed by atoms with Gasteiger partial charge in [0.15, 0.2) is 0 Å². The molecular formula is C20H17N5. The molecule has 2 heterocycles. The number of nitrogens with zero attached hydrogens (tertiary/aromatic N) is 4. The van der Waals surface area contributed by atoms with Crippen LogP contribution in [0.5, 0.6) is 0 Å². The first-order valence-corrected chi connectivity index (χ1v) is 8.02. The van der Waals surface area contributed by atoms with Crippen LogP contribution >= 0.6 is 0 Å². The molecular weight excluding hydrogens is 310 g/mol.